The Morgan fingerprint density at radius 2 is 1.79 bits per heavy atom. The molecule has 3 N–H and O–H groups in total. The Hall–Kier alpha value is -2.88. The van der Waals surface area contributed by atoms with Crippen LogP contribution in [-0.4, -0.2) is 22.8 Å². The minimum atomic E-state index is -3.71. The third-order valence-electron chi connectivity index (χ3n) is 3.02. The lowest BCUT2D eigenvalue weighted by molar-refractivity contribution is -0.200. The van der Waals surface area contributed by atoms with Crippen molar-refractivity contribution >= 4 is 18.4 Å². The molecule has 24 heavy (non-hydrogen) atoms. The predicted molar refractivity (Wildman–Crippen MR) is 83.4 cm³/mol. The lowest BCUT2D eigenvalue weighted by Gasteiger charge is -2.16. The molecule has 0 unspecified atom stereocenters. The molecule has 0 atom stereocenters. The van der Waals surface area contributed by atoms with Gasteiger partial charge in [-0.3, -0.25) is 0 Å². The van der Waals surface area contributed by atoms with Crippen molar-refractivity contribution in [1.29, 1.82) is 10.5 Å². The second kappa shape index (κ2) is 6.71. The van der Waals surface area contributed by atoms with Crippen molar-refractivity contribution in [2.45, 2.75) is 11.1 Å². The van der Waals surface area contributed by atoms with Crippen molar-refractivity contribution in [1.82, 2.24) is 4.98 Å². The second-order valence-electron chi connectivity index (χ2n) is 4.59. The van der Waals surface area contributed by atoms with Gasteiger partial charge >= 0.3 is 6.11 Å². The topological polar surface area (TPSA) is 116 Å². The first-order valence-corrected chi connectivity index (χ1v) is 6.88. The first-order chi connectivity index (χ1) is 11.3. The molecular weight excluding hydrogens is 338 g/mol. The number of rotatable bonds is 4. The minimum absolute atomic E-state index is 0.0151. The van der Waals surface area contributed by atoms with Gasteiger partial charge in [-0.15, -0.1) is 12.6 Å². The number of halogens is 2. The SMILES string of the molecule is N#Cc1c(N)nc(S)c(C#N)c1-c1ccc(OC(F)(F)CO)cc1. The van der Waals surface area contributed by atoms with Gasteiger partial charge < -0.3 is 15.6 Å². The van der Waals surface area contributed by atoms with E-state index in [9.17, 15) is 19.3 Å². The number of aliphatic hydroxyl groups is 1. The van der Waals surface area contributed by atoms with Crippen molar-refractivity contribution in [3.63, 3.8) is 0 Å². The summed E-state index contributed by atoms with van der Waals surface area (Å²) in [5.41, 5.74) is 6.29. The van der Waals surface area contributed by atoms with Gasteiger partial charge in [0.2, 0.25) is 0 Å². The Kier molecular flexibility index (Phi) is 4.88. The van der Waals surface area contributed by atoms with E-state index in [-0.39, 0.29) is 33.3 Å². The third-order valence-corrected chi connectivity index (χ3v) is 3.35. The van der Waals surface area contributed by atoms with Crippen molar-refractivity contribution < 1.29 is 18.6 Å². The molecule has 0 saturated heterocycles. The molecular formula is C15H10F2N4O2S. The summed E-state index contributed by atoms with van der Waals surface area (Å²) in [6, 6.07) is 8.97. The van der Waals surface area contributed by atoms with E-state index in [0.717, 1.165) is 0 Å². The quantitative estimate of drug-likeness (QED) is 0.730. The van der Waals surface area contributed by atoms with Gasteiger partial charge in [0.25, 0.3) is 0 Å². The van der Waals surface area contributed by atoms with Gasteiger partial charge in [-0.25, -0.2) is 4.98 Å². The Morgan fingerprint density at radius 1 is 1.21 bits per heavy atom. The fourth-order valence-electron chi connectivity index (χ4n) is 1.99. The number of ether oxygens (including phenoxy) is 1. The number of anilines is 1. The number of thiol groups is 1. The summed E-state index contributed by atoms with van der Waals surface area (Å²) in [6.45, 7) is -1.46. The maximum absolute atomic E-state index is 13.0. The van der Waals surface area contributed by atoms with Crippen LogP contribution < -0.4 is 10.5 Å². The van der Waals surface area contributed by atoms with E-state index in [4.69, 9.17) is 10.8 Å². The van der Waals surface area contributed by atoms with Crippen LogP contribution in [-0.2, 0) is 0 Å². The summed E-state index contributed by atoms with van der Waals surface area (Å²) in [4.78, 5) is 3.82. The van der Waals surface area contributed by atoms with Gasteiger partial charge in [0.15, 0.2) is 0 Å². The number of nitrogens with two attached hydrogens (primary N) is 1. The summed E-state index contributed by atoms with van der Waals surface area (Å²) in [5, 5.41) is 27.1. The standard InChI is InChI=1S/C15H10F2N4O2S/c16-15(17,7-22)23-9-3-1-8(2-4-9)12-10(5-18)13(20)21-14(24)11(12)6-19/h1-4,22H,7H2,(H3,20,21,24). The minimum Gasteiger partial charge on any atom is -0.431 e. The number of nitrogen functional groups attached to an aromatic ring is 1. The molecule has 0 aliphatic carbocycles. The first kappa shape index (κ1) is 17.5. The molecule has 1 aromatic heterocycles. The summed E-state index contributed by atoms with van der Waals surface area (Å²) < 4.78 is 30.4. The smallest absolute Gasteiger partial charge is 0.421 e. The molecule has 6 nitrogen and oxygen atoms in total. The molecule has 9 heteroatoms. The highest BCUT2D eigenvalue weighted by atomic mass is 32.1. The predicted octanol–water partition coefficient (Wildman–Crippen LogP) is 2.33. The molecule has 0 aliphatic heterocycles. The van der Waals surface area contributed by atoms with E-state index in [0.29, 0.717) is 5.56 Å². The van der Waals surface area contributed by atoms with Crippen molar-refractivity contribution in [2.24, 2.45) is 0 Å². The Labute approximate surface area is 141 Å². The lowest BCUT2D eigenvalue weighted by Crippen LogP contribution is -2.28. The highest BCUT2D eigenvalue weighted by Crippen LogP contribution is 2.34. The zero-order chi connectivity index (χ0) is 17.9. The lowest BCUT2D eigenvalue weighted by atomic mass is 9.97. The Balaban J connectivity index is 2.54. The van der Waals surface area contributed by atoms with E-state index >= 15 is 0 Å². The zero-order valence-electron chi connectivity index (χ0n) is 12.0. The molecule has 1 aromatic carbocycles. The van der Waals surface area contributed by atoms with E-state index in [1.54, 1.807) is 0 Å². The highest BCUT2D eigenvalue weighted by Gasteiger charge is 2.30. The average Bonchev–Trinajstić information content (AvgIpc) is 2.55. The van der Waals surface area contributed by atoms with Crippen LogP contribution in [0.3, 0.4) is 0 Å². The monoisotopic (exact) mass is 348 g/mol. The molecule has 0 saturated carbocycles. The second-order valence-corrected chi connectivity index (χ2v) is 5.01. The average molecular weight is 348 g/mol. The summed E-state index contributed by atoms with van der Waals surface area (Å²) in [5.74, 6) is -0.286. The van der Waals surface area contributed by atoms with Gasteiger partial charge in [-0.2, -0.15) is 19.3 Å². The molecule has 0 spiro atoms. The maximum atomic E-state index is 13.0. The van der Waals surface area contributed by atoms with E-state index < -0.39 is 12.7 Å². The fraction of sp³-hybridized carbons (Fsp3) is 0.133. The van der Waals surface area contributed by atoms with Crippen LogP contribution >= 0.6 is 12.6 Å². The number of aliphatic hydroxyl groups excluding tert-OH is 1. The number of nitrogens with zero attached hydrogens (tertiary/aromatic N) is 3. The number of aromatic nitrogens is 1. The Bertz CT molecular complexity index is 819. The normalized spacial score (nSPS) is 10.8. The number of alkyl halides is 2. The van der Waals surface area contributed by atoms with Crippen LogP contribution in [0.2, 0.25) is 0 Å². The molecule has 122 valence electrons. The molecule has 0 bridgehead atoms. The van der Waals surface area contributed by atoms with Gasteiger partial charge in [0.05, 0.1) is 5.56 Å². The Morgan fingerprint density at radius 3 is 2.29 bits per heavy atom. The molecule has 0 aliphatic rings. The van der Waals surface area contributed by atoms with E-state index in [1.165, 1.54) is 24.3 Å². The number of pyridine rings is 1. The van der Waals surface area contributed by atoms with Crippen molar-refractivity contribution in [3.05, 3.63) is 35.4 Å². The molecule has 1 heterocycles. The van der Waals surface area contributed by atoms with E-state index in [2.05, 4.69) is 22.3 Å². The summed E-state index contributed by atoms with van der Waals surface area (Å²) in [6.07, 6.45) is -3.71. The summed E-state index contributed by atoms with van der Waals surface area (Å²) >= 11 is 4.07. The van der Waals surface area contributed by atoms with Crippen LogP contribution in [0, 0.1) is 22.7 Å². The molecule has 0 amide bonds. The van der Waals surface area contributed by atoms with E-state index in [1.807, 2.05) is 12.1 Å². The van der Waals surface area contributed by atoms with Gasteiger partial charge in [-0.1, -0.05) is 12.1 Å². The summed E-state index contributed by atoms with van der Waals surface area (Å²) in [7, 11) is 0. The molecule has 0 radical (unpaired) electrons. The van der Waals surface area contributed by atoms with Gasteiger partial charge in [0.1, 0.15) is 40.9 Å². The zero-order valence-corrected chi connectivity index (χ0v) is 12.9. The van der Waals surface area contributed by atoms with Crippen LogP contribution in [0.5, 0.6) is 5.75 Å². The number of nitriles is 2. The first-order valence-electron chi connectivity index (χ1n) is 6.43. The van der Waals surface area contributed by atoms with Crippen LogP contribution in [0.25, 0.3) is 11.1 Å². The number of benzene rings is 1. The van der Waals surface area contributed by atoms with Crippen LogP contribution in [0.15, 0.2) is 29.3 Å². The van der Waals surface area contributed by atoms with Crippen molar-refractivity contribution in [2.75, 3.05) is 12.3 Å². The van der Waals surface area contributed by atoms with Crippen LogP contribution in [0.1, 0.15) is 11.1 Å². The fourth-order valence-corrected chi connectivity index (χ4v) is 2.26. The molecule has 2 aromatic rings. The molecule has 2 rings (SSSR count). The number of hydrogen-bond acceptors (Lipinski definition) is 7. The third kappa shape index (κ3) is 3.38. The molecule has 0 fully saturated rings. The number of hydrogen-bond donors (Lipinski definition) is 3. The maximum Gasteiger partial charge on any atom is 0.421 e. The van der Waals surface area contributed by atoms with Crippen molar-refractivity contribution in [3.8, 4) is 29.0 Å². The van der Waals surface area contributed by atoms with Gasteiger partial charge in [0, 0.05) is 5.56 Å². The van der Waals surface area contributed by atoms with Crippen LogP contribution in [0.4, 0.5) is 14.6 Å². The van der Waals surface area contributed by atoms with Gasteiger partial charge in [-0.05, 0) is 17.7 Å². The largest absolute Gasteiger partial charge is 0.431 e. The highest BCUT2D eigenvalue weighted by molar-refractivity contribution is 7.80.